The number of fused-ring (bicyclic) bond motifs is 5. The number of likely N-dealkylation sites (tertiary alicyclic amines) is 1. The van der Waals surface area contributed by atoms with E-state index in [1.807, 2.05) is 28.8 Å². The van der Waals surface area contributed by atoms with E-state index in [4.69, 9.17) is 4.42 Å². The summed E-state index contributed by atoms with van der Waals surface area (Å²) in [5.74, 6) is 0.707. The first-order chi connectivity index (χ1) is 16.1. The number of benzene rings is 2. The molecule has 33 heavy (non-hydrogen) atoms. The highest BCUT2D eigenvalue weighted by atomic mass is 16.3. The number of ketones is 1. The van der Waals surface area contributed by atoms with Gasteiger partial charge in [0.1, 0.15) is 17.6 Å². The molecule has 2 aromatic carbocycles. The number of phenolic OH excluding ortho intramolecular Hbond substituents is 1. The second-order valence-electron chi connectivity index (χ2n) is 9.17. The van der Waals surface area contributed by atoms with E-state index in [9.17, 15) is 14.7 Å². The molecule has 4 aromatic rings. The van der Waals surface area contributed by atoms with Gasteiger partial charge in [-0.05, 0) is 30.5 Å². The van der Waals surface area contributed by atoms with E-state index in [-0.39, 0.29) is 23.0 Å². The highest BCUT2D eigenvalue weighted by Crippen LogP contribution is 2.38. The molecule has 6 heteroatoms. The molecule has 0 amide bonds. The Morgan fingerprint density at radius 3 is 2.70 bits per heavy atom. The molecule has 2 aromatic heterocycles. The van der Waals surface area contributed by atoms with Gasteiger partial charge in [0.05, 0.1) is 5.56 Å². The third kappa shape index (κ3) is 3.38. The predicted octanol–water partition coefficient (Wildman–Crippen LogP) is 4.15. The molecule has 2 aliphatic heterocycles. The number of hydrogen-bond donors (Lipinski definition) is 1. The zero-order valence-electron chi connectivity index (χ0n) is 18.1. The lowest BCUT2D eigenvalue weighted by Crippen LogP contribution is -2.46. The topological polar surface area (TPSA) is 75.7 Å². The highest BCUT2D eigenvalue weighted by molar-refractivity contribution is 6.16. The standard InChI is InChI=1S/C27H24N2O4/c30-23-9-10-24-26(21(16-33-24)27(32)18-5-2-1-3-6-18)20(23)15-28-12-17-11-19(14-28)22-7-4-8-25(31)29(22)13-17/h1-10,16-17,19,30H,11-15H2/t17-,19+/m0/s1. The number of hydrogen-bond acceptors (Lipinski definition) is 5. The second-order valence-corrected chi connectivity index (χ2v) is 9.17. The Morgan fingerprint density at radius 2 is 1.85 bits per heavy atom. The predicted molar refractivity (Wildman–Crippen MR) is 125 cm³/mol. The maximum atomic E-state index is 13.2. The van der Waals surface area contributed by atoms with Crippen molar-refractivity contribution in [3.63, 3.8) is 0 Å². The largest absolute Gasteiger partial charge is 0.508 e. The normalized spacial score (nSPS) is 20.0. The summed E-state index contributed by atoms with van der Waals surface area (Å²) in [5, 5.41) is 11.5. The van der Waals surface area contributed by atoms with Crippen LogP contribution in [-0.4, -0.2) is 33.4 Å². The second kappa shape index (κ2) is 7.74. The van der Waals surface area contributed by atoms with Crippen molar-refractivity contribution < 1.29 is 14.3 Å². The number of pyridine rings is 1. The maximum absolute atomic E-state index is 13.2. The van der Waals surface area contributed by atoms with Gasteiger partial charge in [0, 0.05) is 60.4 Å². The van der Waals surface area contributed by atoms with Crippen molar-refractivity contribution in [3.05, 3.63) is 99.7 Å². The number of rotatable bonds is 4. The smallest absolute Gasteiger partial charge is 0.250 e. The van der Waals surface area contributed by atoms with Crippen LogP contribution in [0.5, 0.6) is 5.75 Å². The number of carbonyl (C=O) groups is 1. The van der Waals surface area contributed by atoms with Crippen LogP contribution in [0.3, 0.4) is 0 Å². The quantitative estimate of drug-likeness (QED) is 0.483. The summed E-state index contributed by atoms with van der Waals surface area (Å²) in [6.45, 7) is 2.88. The van der Waals surface area contributed by atoms with Crippen LogP contribution >= 0.6 is 0 Å². The summed E-state index contributed by atoms with van der Waals surface area (Å²) < 4.78 is 7.64. The van der Waals surface area contributed by atoms with Crippen molar-refractivity contribution in [2.75, 3.05) is 13.1 Å². The van der Waals surface area contributed by atoms with E-state index in [1.54, 1.807) is 30.3 Å². The van der Waals surface area contributed by atoms with Crippen molar-refractivity contribution in [2.45, 2.75) is 25.4 Å². The summed E-state index contributed by atoms with van der Waals surface area (Å²) in [6, 6.07) is 18.0. The minimum Gasteiger partial charge on any atom is -0.508 e. The Morgan fingerprint density at radius 1 is 1.00 bits per heavy atom. The van der Waals surface area contributed by atoms with Gasteiger partial charge in [-0.25, -0.2) is 0 Å². The van der Waals surface area contributed by atoms with Crippen molar-refractivity contribution in [1.29, 1.82) is 0 Å². The summed E-state index contributed by atoms with van der Waals surface area (Å²) in [7, 11) is 0. The fourth-order valence-electron chi connectivity index (χ4n) is 5.61. The third-order valence-corrected chi connectivity index (χ3v) is 7.04. The number of carbonyl (C=O) groups excluding carboxylic acids is 1. The summed E-state index contributed by atoms with van der Waals surface area (Å²) in [5.41, 5.74) is 3.53. The number of aromatic hydroxyl groups is 1. The number of aromatic nitrogens is 1. The molecule has 6 nitrogen and oxygen atoms in total. The number of piperidine rings is 1. The molecule has 0 spiro atoms. The molecule has 0 unspecified atom stereocenters. The van der Waals surface area contributed by atoms with Crippen molar-refractivity contribution >= 4 is 16.8 Å². The molecular formula is C27H24N2O4. The molecule has 6 rings (SSSR count). The molecule has 0 radical (unpaired) electrons. The first-order valence-corrected chi connectivity index (χ1v) is 11.3. The molecule has 1 fully saturated rings. The SMILES string of the molecule is O=C(c1ccccc1)c1coc2ccc(O)c(CN3C[C@@H]4C[C@H](C3)c3cccc(=O)n3C4)c12. The average molecular weight is 440 g/mol. The van der Waals surface area contributed by atoms with Gasteiger partial charge in [0.15, 0.2) is 5.78 Å². The zero-order chi connectivity index (χ0) is 22.5. The Bertz CT molecular complexity index is 1420. The van der Waals surface area contributed by atoms with Gasteiger partial charge < -0.3 is 14.1 Å². The zero-order valence-corrected chi connectivity index (χ0v) is 18.1. The Hall–Kier alpha value is -3.64. The van der Waals surface area contributed by atoms with Crippen LogP contribution in [0.4, 0.5) is 0 Å². The molecular weight excluding hydrogens is 416 g/mol. The van der Waals surface area contributed by atoms with Crippen molar-refractivity contribution in [2.24, 2.45) is 5.92 Å². The Labute approximate surface area is 190 Å². The van der Waals surface area contributed by atoms with E-state index in [1.165, 1.54) is 6.26 Å². The van der Waals surface area contributed by atoms with E-state index < -0.39 is 0 Å². The van der Waals surface area contributed by atoms with Crippen LogP contribution in [0.2, 0.25) is 0 Å². The van der Waals surface area contributed by atoms with Crippen molar-refractivity contribution in [3.8, 4) is 5.75 Å². The fourth-order valence-corrected chi connectivity index (χ4v) is 5.61. The molecule has 166 valence electrons. The maximum Gasteiger partial charge on any atom is 0.250 e. The average Bonchev–Trinajstić information content (AvgIpc) is 3.26. The molecule has 0 saturated carbocycles. The minimum absolute atomic E-state index is 0.0699. The molecule has 4 heterocycles. The van der Waals surface area contributed by atoms with Crippen LogP contribution < -0.4 is 5.56 Å². The van der Waals surface area contributed by atoms with Crippen LogP contribution in [0, 0.1) is 5.92 Å². The van der Waals surface area contributed by atoms with Gasteiger partial charge in [0.2, 0.25) is 0 Å². The lowest BCUT2D eigenvalue weighted by Gasteiger charge is -2.42. The molecule has 2 aliphatic rings. The van der Waals surface area contributed by atoms with E-state index in [0.29, 0.717) is 40.1 Å². The third-order valence-electron chi connectivity index (χ3n) is 7.04. The summed E-state index contributed by atoms with van der Waals surface area (Å²) in [4.78, 5) is 27.9. The van der Waals surface area contributed by atoms with Gasteiger partial charge >= 0.3 is 0 Å². The van der Waals surface area contributed by atoms with E-state index >= 15 is 0 Å². The van der Waals surface area contributed by atoms with Crippen LogP contribution in [0.15, 0.2) is 76.1 Å². The van der Waals surface area contributed by atoms with E-state index in [2.05, 4.69) is 11.0 Å². The molecule has 2 atom stereocenters. The Kier molecular flexibility index (Phi) is 4.69. The van der Waals surface area contributed by atoms with Gasteiger partial charge in [-0.15, -0.1) is 0 Å². The first-order valence-electron chi connectivity index (χ1n) is 11.3. The summed E-state index contributed by atoms with van der Waals surface area (Å²) in [6.07, 6.45) is 2.57. The van der Waals surface area contributed by atoms with Gasteiger partial charge in [-0.3, -0.25) is 14.5 Å². The molecule has 1 N–H and O–H groups in total. The molecule has 2 bridgehead atoms. The number of nitrogens with zero attached hydrogens (tertiary/aromatic N) is 2. The van der Waals surface area contributed by atoms with E-state index in [0.717, 1.165) is 31.7 Å². The number of furan rings is 1. The highest BCUT2D eigenvalue weighted by Gasteiger charge is 2.35. The van der Waals surface area contributed by atoms with Gasteiger partial charge in [-0.1, -0.05) is 36.4 Å². The minimum atomic E-state index is -0.120. The first kappa shape index (κ1) is 20.0. The van der Waals surface area contributed by atoms with Gasteiger partial charge in [0.25, 0.3) is 5.56 Å². The van der Waals surface area contributed by atoms with Gasteiger partial charge in [-0.2, -0.15) is 0 Å². The van der Waals surface area contributed by atoms with Crippen LogP contribution in [0.1, 0.15) is 39.5 Å². The van der Waals surface area contributed by atoms with Crippen LogP contribution in [0.25, 0.3) is 11.0 Å². The summed E-state index contributed by atoms with van der Waals surface area (Å²) >= 11 is 0. The Balaban J connectivity index is 1.36. The lowest BCUT2D eigenvalue weighted by molar-refractivity contribution is 0.103. The van der Waals surface area contributed by atoms with Crippen LogP contribution in [-0.2, 0) is 13.1 Å². The van der Waals surface area contributed by atoms with Crippen molar-refractivity contribution in [1.82, 2.24) is 9.47 Å². The number of phenols is 1. The molecule has 1 saturated heterocycles. The monoisotopic (exact) mass is 440 g/mol. The lowest BCUT2D eigenvalue weighted by atomic mass is 9.83. The fraction of sp³-hybridized carbons (Fsp3) is 0.259. The molecule has 0 aliphatic carbocycles.